The van der Waals surface area contributed by atoms with E-state index in [0.29, 0.717) is 41.9 Å². The van der Waals surface area contributed by atoms with E-state index in [4.69, 9.17) is 14.2 Å². The third-order valence-corrected chi connectivity index (χ3v) is 5.55. The van der Waals surface area contributed by atoms with Crippen molar-refractivity contribution in [2.75, 3.05) is 39.4 Å². The lowest BCUT2D eigenvalue weighted by molar-refractivity contribution is -0.384. The van der Waals surface area contributed by atoms with Crippen molar-refractivity contribution < 1.29 is 23.9 Å². The number of hydrogen-bond acceptors (Lipinski definition) is 8. The second kappa shape index (κ2) is 10.7. The summed E-state index contributed by atoms with van der Waals surface area (Å²) in [6.07, 6.45) is 0.578. The van der Waals surface area contributed by atoms with Gasteiger partial charge in [0.05, 0.1) is 24.8 Å². The van der Waals surface area contributed by atoms with Gasteiger partial charge in [0.25, 0.3) is 11.6 Å². The zero-order valence-electron chi connectivity index (χ0n) is 17.9. The lowest BCUT2D eigenvalue weighted by Crippen LogP contribution is -2.32. The molecule has 9 nitrogen and oxygen atoms in total. The molecule has 2 aromatic carbocycles. The van der Waals surface area contributed by atoms with Crippen LogP contribution in [0.15, 0.2) is 47.8 Å². The zero-order chi connectivity index (χ0) is 23.1. The van der Waals surface area contributed by atoms with Gasteiger partial charge in [0.2, 0.25) is 0 Å². The molecule has 0 saturated carbocycles. The van der Waals surface area contributed by atoms with Gasteiger partial charge in [-0.05, 0) is 30.7 Å². The Morgan fingerprint density at radius 3 is 2.66 bits per heavy atom. The van der Waals surface area contributed by atoms with E-state index in [-0.39, 0.29) is 17.2 Å². The minimum Gasteiger partial charge on any atom is -0.497 e. The van der Waals surface area contributed by atoms with Crippen molar-refractivity contribution in [1.29, 1.82) is 0 Å². The van der Waals surface area contributed by atoms with Gasteiger partial charge in [-0.25, -0.2) is 4.98 Å². The highest BCUT2D eigenvalue weighted by atomic mass is 32.1. The molecule has 0 saturated heterocycles. The Morgan fingerprint density at radius 2 is 1.97 bits per heavy atom. The summed E-state index contributed by atoms with van der Waals surface area (Å²) < 4.78 is 15.9. The Morgan fingerprint density at radius 1 is 1.16 bits per heavy atom. The number of nitro groups is 1. The minimum atomic E-state index is -0.525. The van der Waals surface area contributed by atoms with E-state index in [2.05, 4.69) is 4.98 Å². The average molecular weight is 458 g/mol. The van der Waals surface area contributed by atoms with Crippen LogP contribution in [0.25, 0.3) is 11.3 Å². The SMILES string of the molecule is COCCCN(C(=O)c1cccc([N+](=O)[O-])c1)c1nc(-c2cc(OC)ccc2OC)cs1. The molecule has 1 aromatic heterocycles. The molecule has 0 aliphatic rings. The minimum absolute atomic E-state index is 0.145. The first kappa shape index (κ1) is 23.2. The highest BCUT2D eigenvalue weighted by Crippen LogP contribution is 2.36. The van der Waals surface area contributed by atoms with Crippen molar-refractivity contribution in [3.8, 4) is 22.8 Å². The van der Waals surface area contributed by atoms with Gasteiger partial charge < -0.3 is 14.2 Å². The number of rotatable bonds is 10. The Kier molecular flexibility index (Phi) is 7.74. The quantitative estimate of drug-likeness (QED) is 0.252. The summed E-state index contributed by atoms with van der Waals surface area (Å²) in [5, 5.41) is 13.4. The maximum absolute atomic E-state index is 13.3. The number of benzene rings is 2. The van der Waals surface area contributed by atoms with Crippen LogP contribution in [0.5, 0.6) is 11.5 Å². The molecule has 1 amide bonds. The second-order valence-electron chi connectivity index (χ2n) is 6.69. The van der Waals surface area contributed by atoms with Gasteiger partial charge in [-0.2, -0.15) is 0 Å². The van der Waals surface area contributed by atoms with Crippen LogP contribution >= 0.6 is 11.3 Å². The number of carbonyl (C=O) groups is 1. The molecule has 0 fully saturated rings. The van der Waals surface area contributed by atoms with Crippen molar-refractivity contribution in [2.24, 2.45) is 0 Å². The van der Waals surface area contributed by atoms with E-state index in [1.54, 1.807) is 39.5 Å². The third kappa shape index (κ3) is 5.21. The number of anilines is 1. The summed E-state index contributed by atoms with van der Waals surface area (Å²) >= 11 is 1.30. The normalized spacial score (nSPS) is 10.6. The highest BCUT2D eigenvalue weighted by Gasteiger charge is 2.23. The molecule has 0 atom stereocenters. The van der Waals surface area contributed by atoms with Crippen molar-refractivity contribution >= 4 is 28.1 Å². The van der Waals surface area contributed by atoms with Gasteiger partial charge in [-0.1, -0.05) is 6.07 Å². The number of ether oxygens (including phenoxy) is 3. The number of amides is 1. The molecule has 3 aromatic rings. The maximum atomic E-state index is 13.3. The summed E-state index contributed by atoms with van der Waals surface area (Å²) in [6, 6.07) is 11.1. The van der Waals surface area contributed by atoms with E-state index in [0.717, 1.165) is 5.56 Å². The third-order valence-electron chi connectivity index (χ3n) is 4.68. The Labute approximate surface area is 189 Å². The number of nitro benzene ring substituents is 1. The molecule has 10 heteroatoms. The fraction of sp³-hybridized carbons (Fsp3) is 0.273. The molecule has 0 spiro atoms. The van der Waals surface area contributed by atoms with Crippen molar-refractivity contribution in [1.82, 2.24) is 4.98 Å². The van der Waals surface area contributed by atoms with Crippen molar-refractivity contribution in [3.63, 3.8) is 0 Å². The first-order chi connectivity index (χ1) is 15.5. The van der Waals surface area contributed by atoms with Crippen molar-refractivity contribution in [2.45, 2.75) is 6.42 Å². The van der Waals surface area contributed by atoms with E-state index in [1.807, 2.05) is 11.4 Å². The largest absolute Gasteiger partial charge is 0.497 e. The van der Waals surface area contributed by atoms with E-state index in [1.165, 1.54) is 34.4 Å². The zero-order valence-corrected chi connectivity index (χ0v) is 18.8. The predicted octanol–water partition coefficient (Wildman–Crippen LogP) is 4.42. The molecular weight excluding hydrogens is 434 g/mol. The van der Waals surface area contributed by atoms with Gasteiger partial charge in [-0.15, -0.1) is 11.3 Å². The van der Waals surface area contributed by atoms with Crippen LogP contribution < -0.4 is 14.4 Å². The molecule has 0 aliphatic carbocycles. The van der Waals surface area contributed by atoms with Gasteiger partial charge in [-0.3, -0.25) is 19.8 Å². The summed E-state index contributed by atoms with van der Waals surface area (Å²) in [5.74, 6) is 0.905. The summed E-state index contributed by atoms with van der Waals surface area (Å²) in [4.78, 5) is 30.0. The number of non-ortho nitro benzene ring substituents is 1. The Bertz CT molecular complexity index is 1100. The van der Waals surface area contributed by atoms with Gasteiger partial charge in [0, 0.05) is 48.9 Å². The summed E-state index contributed by atoms with van der Waals surface area (Å²) in [7, 11) is 4.73. The number of nitrogens with zero attached hydrogens (tertiary/aromatic N) is 3. The number of hydrogen-bond donors (Lipinski definition) is 0. The van der Waals surface area contributed by atoms with Gasteiger partial charge >= 0.3 is 0 Å². The van der Waals surface area contributed by atoms with Crippen molar-refractivity contribution in [3.05, 3.63) is 63.5 Å². The Hall–Kier alpha value is -3.50. The molecule has 0 N–H and O–H groups in total. The van der Waals surface area contributed by atoms with Crippen LogP contribution in [0, 0.1) is 10.1 Å². The second-order valence-corrected chi connectivity index (χ2v) is 7.53. The van der Waals surface area contributed by atoms with Crippen LogP contribution in [0.3, 0.4) is 0 Å². The first-order valence-corrected chi connectivity index (χ1v) is 10.6. The summed E-state index contributed by atoms with van der Waals surface area (Å²) in [5.41, 5.74) is 1.43. The van der Waals surface area contributed by atoms with Crippen LogP contribution in [0.2, 0.25) is 0 Å². The van der Waals surface area contributed by atoms with Gasteiger partial charge in [0.15, 0.2) is 5.13 Å². The lowest BCUT2D eigenvalue weighted by atomic mass is 10.1. The fourth-order valence-corrected chi connectivity index (χ4v) is 3.93. The fourth-order valence-electron chi connectivity index (χ4n) is 3.09. The number of aromatic nitrogens is 1. The number of thiazole rings is 1. The molecular formula is C22H23N3O6S. The predicted molar refractivity (Wildman–Crippen MR) is 122 cm³/mol. The molecule has 3 rings (SSSR count). The van der Waals surface area contributed by atoms with Crippen LogP contribution in [0.4, 0.5) is 10.8 Å². The topological polar surface area (TPSA) is 104 Å². The summed E-state index contributed by atoms with van der Waals surface area (Å²) in [6.45, 7) is 0.804. The molecule has 32 heavy (non-hydrogen) atoms. The molecule has 0 aliphatic heterocycles. The molecule has 168 valence electrons. The maximum Gasteiger partial charge on any atom is 0.270 e. The van der Waals surface area contributed by atoms with Crippen LogP contribution in [-0.4, -0.2) is 50.3 Å². The number of methoxy groups -OCH3 is 3. The first-order valence-electron chi connectivity index (χ1n) is 9.71. The van der Waals surface area contributed by atoms with Crippen LogP contribution in [-0.2, 0) is 4.74 Å². The molecule has 1 heterocycles. The van der Waals surface area contributed by atoms with E-state index in [9.17, 15) is 14.9 Å². The molecule has 0 radical (unpaired) electrons. The Balaban J connectivity index is 1.97. The standard InChI is InChI=1S/C22H23N3O6S/c1-29-11-5-10-24(21(26)15-6-4-7-16(12-15)25(27)28)22-23-19(14-32-22)18-13-17(30-2)8-9-20(18)31-3/h4,6-9,12-14H,5,10-11H2,1-3H3. The lowest BCUT2D eigenvalue weighted by Gasteiger charge is -2.20. The smallest absolute Gasteiger partial charge is 0.270 e. The molecule has 0 bridgehead atoms. The number of carbonyl (C=O) groups excluding carboxylic acids is 1. The van der Waals surface area contributed by atoms with Gasteiger partial charge in [0.1, 0.15) is 11.5 Å². The van der Waals surface area contributed by atoms with Crippen LogP contribution in [0.1, 0.15) is 16.8 Å². The van der Waals surface area contributed by atoms with E-state index < -0.39 is 4.92 Å². The average Bonchev–Trinajstić information content (AvgIpc) is 3.30. The monoisotopic (exact) mass is 457 g/mol. The highest BCUT2D eigenvalue weighted by molar-refractivity contribution is 7.14. The van der Waals surface area contributed by atoms with E-state index >= 15 is 0 Å². The molecule has 0 unspecified atom stereocenters.